The quantitative estimate of drug-likeness (QED) is 0.197. The molecule has 0 aliphatic heterocycles. The summed E-state index contributed by atoms with van der Waals surface area (Å²) in [7, 11) is 0. The lowest BCUT2D eigenvalue weighted by Gasteiger charge is -2.28. The summed E-state index contributed by atoms with van der Waals surface area (Å²) in [5, 5.41) is 36.4. The van der Waals surface area contributed by atoms with E-state index in [2.05, 4.69) is 16.0 Å². The maximum atomic E-state index is 12.9. The average Bonchev–Trinajstić information content (AvgIpc) is 2.79. The first kappa shape index (κ1) is 29.9. The summed E-state index contributed by atoms with van der Waals surface area (Å²) < 4.78 is 0. The van der Waals surface area contributed by atoms with E-state index in [9.17, 15) is 34.5 Å². The maximum absolute atomic E-state index is 12.9. The molecule has 0 saturated carbocycles. The Morgan fingerprint density at radius 1 is 0.886 bits per heavy atom. The van der Waals surface area contributed by atoms with Crippen molar-refractivity contribution >= 4 is 23.7 Å². The lowest BCUT2D eigenvalue weighted by molar-refractivity contribution is -0.142. The number of aliphatic hydroxyl groups excluding tert-OH is 1. The molecule has 0 aromatic heterocycles. The number of carboxylic acid groups (broad SMARTS) is 1. The molecule has 0 bridgehead atoms. The Hall–Kier alpha value is -3.18. The topological polar surface area (TPSA) is 191 Å². The number of amides is 3. The molecule has 1 aromatic carbocycles. The zero-order valence-electron chi connectivity index (χ0n) is 20.8. The molecule has 1 aromatic rings. The third kappa shape index (κ3) is 9.18. The Bertz CT molecular complexity index is 873. The number of benzene rings is 1. The number of nitrogens with two attached hydrogens (primary N) is 1. The van der Waals surface area contributed by atoms with Crippen LogP contribution in [0.3, 0.4) is 0 Å². The van der Waals surface area contributed by atoms with Crippen LogP contribution < -0.4 is 21.7 Å². The molecule has 1 rings (SSSR count). The second-order valence-electron chi connectivity index (χ2n) is 9.14. The fourth-order valence-electron chi connectivity index (χ4n) is 3.27. The van der Waals surface area contributed by atoms with Crippen LogP contribution in [0.2, 0.25) is 0 Å². The molecule has 8 N–H and O–H groups in total. The van der Waals surface area contributed by atoms with Gasteiger partial charge in [0.25, 0.3) is 0 Å². The van der Waals surface area contributed by atoms with Crippen LogP contribution in [-0.2, 0) is 25.6 Å². The van der Waals surface area contributed by atoms with E-state index in [1.165, 1.54) is 19.1 Å². The number of phenols is 1. The van der Waals surface area contributed by atoms with Gasteiger partial charge < -0.3 is 37.0 Å². The van der Waals surface area contributed by atoms with E-state index in [4.69, 9.17) is 5.73 Å². The molecule has 0 radical (unpaired) electrons. The van der Waals surface area contributed by atoms with Gasteiger partial charge in [0.2, 0.25) is 17.7 Å². The van der Waals surface area contributed by atoms with Crippen molar-refractivity contribution in [3.05, 3.63) is 29.8 Å². The van der Waals surface area contributed by atoms with Crippen molar-refractivity contribution in [1.29, 1.82) is 0 Å². The van der Waals surface area contributed by atoms with Crippen LogP contribution in [0.4, 0.5) is 0 Å². The Morgan fingerprint density at radius 2 is 1.40 bits per heavy atom. The number of hydrogen-bond acceptors (Lipinski definition) is 7. The third-order valence-electron chi connectivity index (χ3n) is 5.86. The minimum atomic E-state index is -1.36. The summed E-state index contributed by atoms with van der Waals surface area (Å²) in [6.07, 6.45) is -0.676. The van der Waals surface area contributed by atoms with E-state index in [0.29, 0.717) is 12.0 Å². The summed E-state index contributed by atoms with van der Waals surface area (Å²) in [5.74, 6) is -3.97. The smallest absolute Gasteiger partial charge is 0.326 e. The SMILES string of the molecule is CCC(C)C(N)C(=O)NC(C(=O)NC(C(=O)NC(Cc1ccc(O)cc1)C(=O)O)C(C)C)C(C)O. The molecule has 11 heteroatoms. The van der Waals surface area contributed by atoms with E-state index < -0.39 is 59.9 Å². The van der Waals surface area contributed by atoms with Crippen molar-refractivity contribution in [3.63, 3.8) is 0 Å². The summed E-state index contributed by atoms with van der Waals surface area (Å²) in [5.41, 5.74) is 6.49. The van der Waals surface area contributed by atoms with Crippen molar-refractivity contribution in [3.8, 4) is 5.75 Å². The normalized spacial score (nSPS) is 16.3. The number of hydrogen-bond donors (Lipinski definition) is 7. The molecule has 0 spiro atoms. The van der Waals surface area contributed by atoms with Gasteiger partial charge in [0, 0.05) is 6.42 Å². The molecular formula is C24H38N4O7. The molecule has 11 nitrogen and oxygen atoms in total. The molecule has 0 heterocycles. The first-order valence-electron chi connectivity index (χ1n) is 11.6. The van der Waals surface area contributed by atoms with Gasteiger partial charge >= 0.3 is 5.97 Å². The maximum Gasteiger partial charge on any atom is 0.326 e. The van der Waals surface area contributed by atoms with Gasteiger partial charge in [0.15, 0.2) is 0 Å². The number of carbonyl (C=O) groups excluding carboxylic acids is 3. The third-order valence-corrected chi connectivity index (χ3v) is 5.86. The van der Waals surface area contributed by atoms with Crippen LogP contribution in [0.5, 0.6) is 5.75 Å². The largest absolute Gasteiger partial charge is 0.508 e. The first-order chi connectivity index (χ1) is 16.3. The molecule has 3 amide bonds. The molecule has 0 saturated heterocycles. The fourth-order valence-corrected chi connectivity index (χ4v) is 3.27. The van der Waals surface area contributed by atoms with Gasteiger partial charge in [-0.1, -0.05) is 46.2 Å². The van der Waals surface area contributed by atoms with Crippen LogP contribution >= 0.6 is 0 Å². The van der Waals surface area contributed by atoms with Crippen molar-refractivity contribution in [2.75, 3.05) is 0 Å². The fraction of sp³-hybridized carbons (Fsp3) is 0.583. The number of carbonyl (C=O) groups is 4. The predicted octanol–water partition coefficient (Wildman–Crippen LogP) is -0.116. The Labute approximate surface area is 205 Å². The lowest BCUT2D eigenvalue weighted by Crippen LogP contribution is -2.61. The average molecular weight is 495 g/mol. The minimum Gasteiger partial charge on any atom is -0.508 e. The number of phenolic OH excluding ortho intramolecular Hbond substituents is 1. The minimum absolute atomic E-state index is 0.0251. The van der Waals surface area contributed by atoms with Crippen LogP contribution in [0.1, 0.15) is 46.6 Å². The van der Waals surface area contributed by atoms with Gasteiger partial charge in [-0.15, -0.1) is 0 Å². The van der Waals surface area contributed by atoms with Gasteiger partial charge in [-0.05, 0) is 36.5 Å². The number of nitrogens with one attached hydrogen (secondary N) is 3. The van der Waals surface area contributed by atoms with Gasteiger partial charge in [0.1, 0.15) is 23.9 Å². The molecule has 196 valence electrons. The van der Waals surface area contributed by atoms with E-state index in [1.54, 1.807) is 32.9 Å². The standard InChI is InChI=1S/C24H38N4O7/c1-6-13(4)18(25)21(31)28-20(14(5)29)23(33)27-19(12(2)3)22(32)26-17(24(34)35)11-15-7-9-16(30)10-8-15/h7-10,12-14,17-20,29-30H,6,11,25H2,1-5H3,(H,26,32)(H,27,33)(H,28,31)(H,34,35). The van der Waals surface area contributed by atoms with Gasteiger partial charge in [-0.3, -0.25) is 14.4 Å². The summed E-state index contributed by atoms with van der Waals surface area (Å²) in [6.45, 7) is 8.30. The highest BCUT2D eigenvalue weighted by Crippen LogP contribution is 2.12. The highest BCUT2D eigenvalue weighted by Gasteiger charge is 2.34. The zero-order valence-corrected chi connectivity index (χ0v) is 20.8. The predicted molar refractivity (Wildman–Crippen MR) is 129 cm³/mol. The summed E-state index contributed by atoms with van der Waals surface area (Å²) >= 11 is 0. The van der Waals surface area contributed by atoms with Gasteiger partial charge in [-0.25, -0.2) is 4.79 Å². The van der Waals surface area contributed by atoms with E-state index in [1.807, 2.05) is 6.92 Å². The Balaban J connectivity index is 2.96. The van der Waals surface area contributed by atoms with E-state index >= 15 is 0 Å². The second-order valence-corrected chi connectivity index (χ2v) is 9.14. The van der Waals surface area contributed by atoms with Crippen molar-refractivity contribution in [2.24, 2.45) is 17.6 Å². The van der Waals surface area contributed by atoms with Crippen molar-refractivity contribution in [1.82, 2.24) is 16.0 Å². The lowest BCUT2D eigenvalue weighted by atomic mass is 9.98. The molecule has 6 atom stereocenters. The van der Waals surface area contributed by atoms with Gasteiger partial charge in [0.05, 0.1) is 12.1 Å². The van der Waals surface area contributed by atoms with Gasteiger partial charge in [-0.2, -0.15) is 0 Å². The Morgan fingerprint density at radius 3 is 1.86 bits per heavy atom. The van der Waals surface area contributed by atoms with Crippen LogP contribution in [0, 0.1) is 11.8 Å². The first-order valence-corrected chi connectivity index (χ1v) is 11.6. The van der Waals surface area contributed by atoms with E-state index in [-0.39, 0.29) is 18.1 Å². The van der Waals surface area contributed by atoms with E-state index in [0.717, 1.165) is 0 Å². The zero-order chi connectivity index (χ0) is 26.9. The van der Waals surface area contributed by atoms with Crippen LogP contribution in [-0.4, -0.2) is 69.3 Å². The number of aliphatic hydroxyl groups is 1. The number of aromatic hydroxyl groups is 1. The highest BCUT2D eigenvalue weighted by molar-refractivity contribution is 5.94. The molecule has 0 aliphatic carbocycles. The monoisotopic (exact) mass is 494 g/mol. The van der Waals surface area contributed by atoms with Crippen LogP contribution in [0.25, 0.3) is 0 Å². The number of carboxylic acids is 1. The summed E-state index contributed by atoms with van der Waals surface area (Å²) in [6, 6.07) is 1.23. The molecule has 6 unspecified atom stereocenters. The highest BCUT2D eigenvalue weighted by atomic mass is 16.4. The molecule has 0 fully saturated rings. The summed E-state index contributed by atoms with van der Waals surface area (Å²) in [4.78, 5) is 50.0. The number of rotatable bonds is 13. The van der Waals surface area contributed by atoms with Crippen molar-refractivity contribution < 1.29 is 34.5 Å². The second kappa shape index (κ2) is 13.6. The Kier molecular flexibility index (Phi) is 11.6. The number of aliphatic carboxylic acids is 1. The van der Waals surface area contributed by atoms with Crippen molar-refractivity contribution in [2.45, 2.75) is 77.7 Å². The molecule has 0 aliphatic rings. The molecular weight excluding hydrogens is 456 g/mol. The van der Waals surface area contributed by atoms with Crippen LogP contribution in [0.15, 0.2) is 24.3 Å². The molecule has 35 heavy (non-hydrogen) atoms.